The first-order valence-electron chi connectivity index (χ1n) is 10.4. The fourth-order valence-corrected chi connectivity index (χ4v) is 4.68. The number of methoxy groups -OCH3 is 2. The number of nitrogens with one attached hydrogen (secondary N) is 1. The van der Waals surface area contributed by atoms with E-state index in [9.17, 15) is 9.59 Å². The Balaban J connectivity index is 2.06. The Morgan fingerprint density at radius 3 is 2.52 bits per heavy atom. The molecule has 2 aromatic rings. The Labute approximate surface area is 182 Å². The van der Waals surface area contributed by atoms with Crippen molar-refractivity contribution in [1.82, 2.24) is 0 Å². The van der Waals surface area contributed by atoms with Crippen molar-refractivity contribution in [3.63, 3.8) is 0 Å². The zero-order chi connectivity index (χ0) is 22.3. The molecule has 1 aliphatic heterocycles. The van der Waals surface area contributed by atoms with Gasteiger partial charge in [-0.05, 0) is 42.2 Å². The monoisotopic (exact) mass is 420 g/mol. The lowest BCUT2D eigenvalue weighted by Gasteiger charge is -2.37. The summed E-state index contributed by atoms with van der Waals surface area (Å²) in [6.07, 6.45) is 1.12. The van der Waals surface area contributed by atoms with Gasteiger partial charge in [0.15, 0.2) is 5.78 Å². The second-order valence-corrected chi connectivity index (χ2v) is 8.87. The van der Waals surface area contributed by atoms with Gasteiger partial charge >= 0.3 is 0 Å². The summed E-state index contributed by atoms with van der Waals surface area (Å²) in [5.41, 5.74) is 3.54. The fraction of sp³-hybridized carbons (Fsp3) is 0.360. The van der Waals surface area contributed by atoms with Crippen LogP contribution in [0.5, 0.6) is 11.5 Å². The average Bonchev–Trinajstić information content (AvgIpc) is 2.86. The molecular weight excluding hydrogens is 392 g/mol. The number of nitrogens with zero attached hydrogens (tertiary/aromatic N) is 1. The van der Waals surface area contributed by atoms with Crippen molar-refractivity contribution in [2.45, 2.75) is 39.7 Å². The lowest BCUT2D eigenvalue weighted by Crippen LogP contribution is -2.38. The van der Waals surface area contributed by atoms with E-state index in [2.05, 4.69) is 19.2 Å². The molecule has 31 heavy (non-hydrogen) atoms. The van der Waals surface area contributed by atoms with Gasteiger partial charge in [0.2, 0.25) is 5.91 Å². The van der Waals surface area contributed by atoms with Gasteiger partial charge in [0.1, 0.15) is 11.5 Å². The SMILES string of the molecule is COc1ccc(OC)c([C@H]2C3=C(CC(C)(C)CC3=O)Nc3ccccc3N2C(C)=O)c1. The summed E-state index contributed by atoms with van der Waals surface area (Å²) in [4.78, 5) is 28.3. The van der Waals surface area contributed by atoms with Crippen molar-refractivity contribution in [1.29, 1.82) is 0 Å². The van der Waals surface area contributed by atoms with Gasteiger partial charge in [-0.25, -0.2) is 0 Å². The van der Waals surface area contributed by atoms with E-state index < -0.39 is 6.04 Å². The molecule has 0 spiro atoms. The molecule has 1 aliphatic carbocycles. The number of hydrogen-bond donors (Lipinski definition) is 1. The van der Waals surface area contributed by atoms with Crippen molar-refractivity contribution in [2.75, 3.05) is 24.4 Å². The van der Waals surface area contributed by atoms with E-state index in [1.54, 1.807) is 19.1 Å². The molecule has 1 atom stereocenters. The number of carbonyl (C=O) groups is 2. The molecule has 0 saturated carbocycles. The smallest absolute Gasteiger partial charge is 0.224 e. The van der Waals surface area contributed by atoms with Crippen LogP contribution >= 0.6 is 0 Å². The molecule has 1 N–H and O–H groups in total. The van der Waals surface area contributed by atoms with Crippen LogP contribution in [0.2, 0.25) is 0 Å². The number of benzene rings is 2. The quantitative estimate of drug-likeness (QED) is 0.768. The van der Waals surface area contributed by atoms with Gasteiger partial charge in [-0.2, -0.15) is 0 Å². The predicted molar refractivity (Wildman–Crippen MR) is 121 cm³/mol. The molecule has 0 radical (unpaired) electrons. The van der Waals surface area contributed by atoms with E-state index in [1.165, 1.54) is 6.92 Å². The Morgan fingerprint density at radius 1 is 1.10 bits per heavy atom. The maximum atomic E-state index is 13.5. The molecule has 0 fully saturated rings. The molecule has 0 aromatic heterocycles. The molecule has 1 heterocycles. The normalized spacial score (nSPS) is 19.7. The first kappa shape index (κ1) is 21.0. The van der Waals surface area contributed by atoms with Crippen molar-refractivity contribution in [2.24, 2.45) is 5.41 Å². The average molecular weight is 421 g/mol. The number of rotatable bonds is 3. The van der Waals surface area contributed by atoms with Crippen LogP contribution in [0.25, 0.3) is 0 Å². The van der Waals surface area contributed by atoms with Gasteiger partial charge in [0, 0.05) is 30.2 Å². The minimum absolute atomic E-state index is 0.0349. The highest BCUT2D eigenvalue weighted by atomic mass is 16.5. The summed E-state index contributed by atoms with van der Waals surface area (Å²) in [5.74, 6) is 1.11. The molecular formula is C25H28N2O4. The number of ketones is 1. The molecule has 6 heteroatoms. The van der Waals surface area contributed by atoms with E-state index in [0.29, 0.717) is 29.9 Å². The van der Waals surface area contributed by atoms with Crippen LogP contribution in [0.1, 0.15) is 45.2 Å². The molecule has 2 aromatic carbocycles. The van der Waals surface area contributed by atoms with Gasteiger partial charge in [0.25, 0.3) is 0 Å². The van der Waals surface area contributed by atoms with Crippen molar-refractivity contribution < 1.29 is 19.1 Å². The summed E-state index contributed by atoms with van der Waals surface area (Å²) in [6, 6.07) is 12.5. The van der Waals surface area contributed by atoms with Crippen molar-refractivity contribution in [3.05, 3.63) is 59.3 Å². The number of carbonyl (C=O) groups excluding carboxylic acids is 2. The predicted octanol–water partition coefficient (Wildman–Crippen LogP) is 4.87. The Morgan fingerprint density at radius 2 is 1.84 bits per heavy atom. The number of hydrogen-bond acceptors (Lipinski definition) is 5. The zero-order valence-corrected chi connectivity index (χ0v) is 18.6. The van der Waals surface area contributed by atoms with Crippen LogP contribution < -0.4 is 19.7 Å². The number of Topliss-reactive ketones (excluding diaryl/α,β-unsaturated/α-hetero) is 1. The molecule has 0 unspecified atom stereocenters. The molecule has 1 amide bonds. The van der Waals surface area contributed by atoms with Crippen LogP contribution in [0.15, 0.2) is 53.7 Å². The van der Waals surface area contributed by atoms with Gasteiger partial charge in [-0.3, -0.25) is 14.5 Å². The van der Waals surface area contributed by atoms with E-state index in [4.69, 9.17) is 9.47 Å². The molecule has 162 valence electrons. The van der Waals surface area contributed by atoms with E-state index >= 15 is 0 Å². The molecule has 0 saturated heterocycles. The van der Waals surface area contributed by atoms with Crippen LogP contribution in [0.3, 0.4) is 0 Å². The second-order valence-electron chi connectivity index (χ2n) is 8.87. The first-order chi connectivity index (χ1) is 14.8. The maximum Gasteiger partial charge on any atom is 0.224 e. The largest absolute Gasteiger partial charge is 0.497 e. The van der Waals surface area contributed by atoms with Crippen LogP contribution in [0.4, 0.5) is 11.4 Å². The molecule has 6 nitrogen and oxygen atoms in total. The third-order valence-corrected chi connectivity index (χ3v) is 5.97. The molecule has 2 aliphatic rings. The van der Waals surface area contributed by atoms with E-state index in [1.807, 2.05) is 42.5 Å². The summed E-state index contributed by atoms with van der Waals surface area (Å²) in [7, 11) is 3.19. The third kappa shape index (κ3) is 3.67. The third-order valence-electron chi connectivity index (χ3n) is 5.97. The minimum Gasteiger partial charge on any atom is -0.497 e. The maximum absolute atomic E-state index is 13.5. The van der Waals surface area contributed by atoms with Crippen molar-refractivity contribution >= 4 is 23.1 Å². The topological polar surface area (TPSA) is 67.9 Å². The second kappa shape index (κ2) is 7.76. The lowest BCUT2D eigenvalue weighted by atomic mass is 9.73. The number of fused-ring (bicyclic) bond motifs is 1. The highest BCUT2D eigenvalue weighted by Crippen LogP contribution is 2.50. The van der Waals surface area contributed by atoms with Gasteiger partial charge in [0.05, 0.1) is 31.6 Å². The van der Waals surface area contributed by atoms with E-state index in [-0.39, 0.29) is 17.1 Å². The molecule has 4 rings (SSSR count). The number of amides is 1. The van der Waals surface area contributed by atoms with Gasteiger partial charge in [-0.15, -0.1) is 0 Å². The first-order valence-corrected chi connectivity index (χ1v) is 10.4. The fourth-order valence-electron chi connectivity index (χ4n) is 4.68. The Kier molecular flexibility index (Phi) is 5.25. The van der Waals surface area contributed by atoms with Crippen LogP contribution in [-0.4, -0.2) is 25.9 Å². The van der Waals surface area contributed by atoms with Crippen LogP contribution in [0, 0.1) is 5.41 Å². The van der Waals surface area contributed by atoms with Gasteiger partial charge < -0.3 is 14.8 Å². The van der Waals surface area contributed by atoms with Gasteiger partial charge in [-0.1, -0.05) is 26.0 Å². The summed E-state index contributed by atoms with van der Waals surface area (Å²) in [5, 5.41) is 3.49. The van der Waals surface area contributed by atoms with E-state index in [0.717, 1.165) is 22.6 Å². The summed E-state index contributed by atoms with van der Waals surface area (Å²) in [6.45, 7) is 5.72. The number of para-hydroxylation sites is 2. The number of ether oxygens (including phenoxy) is 2. The number of allylic oxidation sites excluding steroid dienone is 1. The summed E-state index contributed by atoms with van der Waals surface area (Å²) >= 11 is 0. The Hall–Kier alpha value is -3.28. The van der Waals surface area contributed by atoms with Crippen LogP contribution in [-0.2, 0) is 9.59 Å². The zero-order valence-electron chi connectivity index (χ0n) is 18.6. The highest BCUT2D eigenvalue weighted by Gasteiger charge is 2.43. The minimum atomic E-state index is -0.628. The lowest BCUT2D eigenvalue weighted by molar-refractivity contribution is -0.118. The highest BCUT2D eigenvalue weighted by molar-refractivity contribution is 6.06. The standard InChI is InChI=1S/C25H28N2O4/c1-15(28)27-20-9-7-6-8-18(20)26-19-13-25(2,3)14-21(29)23(19)24(27)17-12-16(30-4)10-11-22(17)31-5/h6-12,24,26H,13-14H2,1-5H3/t24-/m0/s1. The molecule has 0 bridgehead atoms. The summed E-state index contributed by atoms with van der Waals surface area (Å²) < 4.78 is 11.1. The Bertz CT molecular complexity index is 1090. The number of anilines is 2. The van der Waals surface area contributed by atoms with Crippen molar-refractivity contribution in [3.8, 4) is 11.5 Å².